The molecule has 0 bridgehead atoms. The van der Waals surface area contributed by atoms with Crippen molar-refractivity contribution in [2.24, 2.45) is 0 Å². The summed E-state index contributed by atoms with van der Waals surface area (Å²) in [5.74, 6) is -0.725. The van der Waals surface area contributed by atoms with Crippen molar-refractivity contribution in [1.82, 2.24) is 10.2 Å². The van der Waals surface area contributed by atoms with Gasteiger partial charge in [-0.15, -0.1) is 0 Å². The van der Waals surface area contributed by atoms with Crippen molar-refractivity contribution in [2.45, 2.75) is 46.2 Å². The van der Waals surface area contributed by atoms with Crippen molar-refractivity contribution >= 4 is 43.5 Å². The van der Waals surface area contributed by atoms with Gasteiger partial charge >= 0.3 is 0 Å². The van der Waals surface area contributed by atoms with Crippen molar-refractivity contribution in [3.05, 3.63) is 64.1 Å². The van der Waals surface area contributed by atoms with Gasteiger partial charge in [-0.1, -0.05) is 59.1 Å². The number of hydrogen-bond donors (Lipinski definition) is 1. The smallest absolute Gasteiger partial charge is 0.244 e. The van der Waals surface area contributed by atoms with E-state index in [9.17, 15) is 18.0 Å². The average Bonchev–Trinajstić information content (AvgIpc) is 2.76. The van der Waals surface area contributed by atoms with E-state index in [2.05, 4.69) is 21.2 Å². The van der Waals surface area contributed by atoms with Crippen LogP contribution in [0.1, 0.15) is 37.8 Å². The number of unbranched alkanes of at least 4 members (excludes halogenated alkanes) is 1. The molecule has 2 aromatic rings. The summed E-state index contributed by atoms with van der Waals surface area (Å²) in [6.45, 7) is 5.90. The van der Waals surface area contributed by atoms with Gasteiger partial charge in [-0.2, -0.15) is 0 Å². The summed E-state index contributed by atoms with van der Waals surface area (Å²) in [5, 5.41) is 2.86. The van der Waals surface area contributed by atoms with Gasteiger partial charge in [0.15, 0.2) is 0 Å². The number of rotatable bonds is 11. The second kappa shape index (κ2) is 12.2. The van der Waals surface area contributed by atoms with Crippen molar-refractivity contribution in [1.29, 1.82) is 0 Å². The van der Waals surface area contributed by atoms with E-state index in [-0.39, 0.29) is 12.5 Å². The Bertz CT molecular complexity index is 1040. The summed E-state index contributed by atoms with van der Waals surface area (Å²) in [4.78, 5) is 27.6. The minimum atomic E-state index is -3.72. The van der Waals surface area contributed by atoms with Gasteiger partial charge in [-0.05, 0) is 50.1 Å². The van der Waals surface area contributed by atoms with Gasteiger partial charge in [-0.25, -0.2) is 8.42 Å². The maximum Gasteiger partial charge on any atom is 0.244 e. The van der Waals surface area contributed by atoms with E-state index >= 15 is 0 Å². The zero-order valence-electron chi connectivity index (χ0n) is 19.5. The lowest BCUT2D eigenvalue weighted by Crippen LogP contribution is -2.51. The van der Waals surface area contributed by atoms with Crippen molar-refractivity contribution < 1.29 is 18.0 Å². The van der Waals surface area contributed by atoms with Gasteiger partial charge in [0.25, 0.3) is 0 Å². The molecule has 1 N–H and O–H groups in total. The Hall–Kier alpha value is -2.39. The third-order valence-corrected chi connectivity index (χ3v) is 6.93. The van der Waals surface area contributed by atoms with Crippen LogP contribution in [0, 0.1) is 6.92 Å². The zero-order valence-corrected chi connectivity index (χ0v) is 21.9. The molecule has 0 spiro atoms. The molecule has 1 atom stereocenters. The molecule has 9 heteroatoms. The third kappa shape index (κ3) is 8.16. The maximum absolute atomic E-state index is 13.4. The van der Waals surface area contributed by atoms with Gasteiger partial charge in [-0.3, -0.25) is 13.9 Å². The molecular weight excluding hydrogens is 506 g/mol. The summed E-state index contributed by atoms with van der Waals surface area (Å²) in [6.07, 6.45) is 2.85. The molecule has 0 aliphatic rings. The lowest BCUT2D eigenvalue weighted by Gasteiger charge is -2.31. The Morgan fingerprint density at radius 2 is 1.67 bits per heavy atom. The molecule has 180 valence electrons. The Morgan fingerprint density at radius 3 is 2.21 bits per heavy atom. The van der Waals surface area contributed by atoms with Crippen molar-refractivity contribution in [3.63, 3.8) is 0 Å². The zero-order chi connectivity index (χ0) is 24.6. The van der Waals surface area contributed by atoms with E-state index in [0.717, 1.165) is 39.0 Å². The fourth-order valence-electron chi connectivity index (χ4n) is 3.23. The van der Waals surface area contributed by atoms with E-state index in [1.54, 1.807) is 31.2 Å². The van der Waals surface area contributed by atoms with Crippen LogP contribution in [-0.2, 0) is 26.2 Å². The minimum Gasteiger partial charge on any atom is -0.354 e. The van der Waals surface area contributed by atoms with E-state index in [0.29, 0.717) is 12.2 Å². The van der Waals surface area contributed by atoms with Crippen LogP contribution in [0.3, 0.4) is 0 Å². The predicted molar refractivity (Wildman–Crippen MR) is 135 cm³/mol. The number of nitrogens with one attached hydrogen (secondary N) is 1. The van der Waals surface area contributed by atoms with E-state index in [1.165, 1.54) is 4.90 Å². The number of anilines is 1. The fraction of sp³-hybridized carbons (Fsp3) is 0.417. The molecule has 0 saturated heterocycles. The quantitative estimate of drug-likeness (QED) is 0.441. The SMILES string of the molecule is CCCCNC(=O)[C@@H](C)N(Cc1ccc(Br)cc1)C(=O)CN(c1ccc(C)cc1)S(C)(=O)=O. The number of aryl methyl sites for hydroxylation is 1. The Kier molecular flexibility index (Phi) is 9.91. The first-order valence-corrected chi connectivity index (χ1v) is 13.5. The first-order chi connectivity index (χ1) is 15.5. The number of benzene rings is 2. The first-order valence-electron chi connectivity index (χ1n) is 10.9. The standard InChI is InChI=1S/C24H32BrN3O4S/c1-5-6-15-26-24(30)19(3)27(16-20-9-11-21(25)12-10-20)23(29)17-28(33(4,31)32)22-13-7-18(2)8-14-22/h7-14,19H,5-6,15-17H2,1-4H3,(H,26,30)/t19-/m1/s1. The second-order valence-corrected chi connectivity index (χ2v) is 10.9. The molecule has 0 aliphatic heterocycles. The number of amides is 2. The van der Waals surface area contributed by atoms with Crippen molar-refractivity contribution in [3.8, 4) is 0 Å². The molecule has 7 nitrogen and oxygen atoms in total. The lowest BCUT2D eigenvalue weighted by atomic mass is 10.1. The third-order valence-electron chi connectivity index (χ3n) is 5.26. The van der Waals surface area contributed by atoms with E-state index < -0.39 is 28.5 Å². The molecule has 0 aliphatic carbocycles. The van der Waals surface area contributed by atoms with Gasteiger partial charge in [0.1, 0.15) is 12.6 Å². The topological polar surface area (TPSA) is 86.8 Å². The van der Waals surface area contributed by atoms with Crippen LogP contribution >= 0.6 is 15.9 Å². The first kappa shape index (κ1) is 26.9. The fourth-order valence-corrected chi connectivity index (χ4v) is 4.34. The highest BCUT2D eigenvalue weighted by Crippen LogP contribution is 2.20. The highest BCUT2D eigenvalue weighted by atomic mass is 79.9. The lowest BCUT2D eigenvalue weighted by molar-refractivity contribution is -0.139. The number of hydrogen-bond acceptors (Lipinski definition) is 4. The Morgan fingerprint density at radius 1 is 1.06 bits per heavy atom. The van der Waals surface area contributed by atoms with Gasteiger partial charge in [0.05, 0.1) is 11.9 Å². The number of nitrogens with zero attached hydrogens (tertiary/aromatic N) is 2. The second-order valence-electron chi connectivity index (χ2n) is 8.07. The summed E-state index contributed by atoms with van der Waals surface area (Å²) in [7, 11) is -3.72. The number of sulfonamides is 1. The molecule has 0 aromatic heterocycles. The minimum absolute atomic E-state index is 0.181. The summed E-state index contributed by atoms with van der Waals surface area (Å²) >= 11 is 3.40. The molecule has 33 heavy (non-hydrogen) atoms. The van der Waals surface area contributed by atoms with Crippen LogP contribution in [-0.4, -0.2) is 50.5 Å². The van der Waals surface area contributed by atoms with Crippen LogP contribution in [0.15, 0.2) is 53.0 Å². The molecule has 0 heterocycles. The largest absolute Gasteiger partial charge is 0.354 e. The number of carbonyl (C=O) groups excluding carboxylic acids is 2. The van der Waals surface area contributed by atoms with Crippen LogP contribution in [0.25, 0.3) is 0 Å². The highest BCUT2D eigenvalue weighted by molar-refractivity contribution is 9.10. The van der Waals surface area contributed by atoms with Crippen LogP contribution < -0.4 is 9.62 Å². The highest BCUT2D eigenvalue weighted by Gasteiger charge is 2.29. The average molecular weight is 539 g/mol. The molecule has 0 saturated carbocycles. The predicted octanol–water partition coefficient (Wildman–Crippen LogP) is 3.86. The van der Waals surface area contributed by atoms with Crippen LogP contribution in [0.5, 0.6) is 0 Å². The van der Waals surface area contributed by atoms with Crippen LogP contribution in [0.2, 0.25) is 0 Å². The molecular formula is C24H32BrN3O4S. The summed E-state index contributed by atoms with van der Waals surface area (Å²) in [6, 6.07) is 13.6. The summed E-state index contributed by atoms with van der Waals surface area (Å²) in [5.41, 5.74) is 2.22. The maximum atomic E-state index is 13.4. The molecule has 2 rings (SSSR count). The monoisotopic (exact) mass is 537 g/mol. The van der Waals surface area contributed by atoms with Gasteiger partial charge in [0, 0.05) is 17.6 Å². The Balaban J connectivity index is 2.32. The number of carbonyl (C=O) groups is 2. The number of halogens is 1. The molecule has 2 amide bonds. The van der Waals surface area contributed by atoms with Crippen molar-refractivity contribution in [2.75, 3.05) is 23.7 Å². The normalized spacial score (nSPS) is 12.2. The molecule has 0 fully saturated rings. The van der Waals surface area contributed by atoms with Crippen LogP contribution in [0.4, 0.5) is 5.69 Å². The molecule has 0 unspecified atom stereocenters. The Labute approximate surface area is 205 Å². The van der Waals surface area contributed by atoms with E-state index in [1.807, 2.05) is 38.1 Å². The summed E-state index contributed by atoms with van der Waals surface area (Å²) < 4.78 is 27.0. The van der Waals surface area contributed by atoms with Gasteiger partial charge < -0.3 is 10.2 Å². The van der Waals surface area contributed by atoms with E-state index in [4.69, 9.17) is 0 Å². The van der Waals surface area contributed by atoms with Gasteiger partial charge in [0.2, 0.25) is 21.8 Å². The molecule has 2 aromatic carbocycles. The molecule has 0 radical (unpaired) electrons.